The number of hydrogen-bond acceptors (Lipinski definition) is 3. The van der Waals surface area contributed by atoms with Crippen molar-refractivity contribution in [2.45, 2.75) is 77.3 Å². The van der Waals surface area contributed by atoms with Gasteiger partial charge in [0.25, 0.3) is 0 Å². The first-order valence-electron chi connectivity index (χ1n) is 11.7. The number of carbonyl (C=O) groups is 1. The lowest BCUT2D eigenvalue weighted by molar-refractivity contribution is -0.156. The van der Waals surface area contributed by atoms with Gasteiger partial charge in [-0.1, -0.05) is 19.9 Å². The third-order valence-corrected chi connectivity index (χ3v) is 10.1. The van der Waals surface area contributed by atoms with Gasteiger partial charge in [0.15, 0.2) is 0 Å². The zero-order valence-electron chi connectivity index (χ0n) is 18.2. The third-order valence-electron chi connectivity index (χ3n) is 10.1. The molecule has 0 radical (unpaired) electrons. The van der Waals surface area contributed by atoms with Crippen molar-refractivity contribution >= 4 is 5.97 Å². The smallest absolute Gasteiger partial charge is 0.307 e. The van der Waals surface area contributed by atoms with Crippen LogP contribution in [0.4, 0.5) is 0 Å². The summed E-state index contributed by atoms with van der Waals surface area (Å²) < 4.78 is 0. The molecule has 0 spiro atoms. The zero-order valence-corrected chi connectivity index (χ0v) is 18.2. The molecule has 2 heterocycles. The molecule has 4 heteroatoms. The number of pyridine rings is 1. The van der Waals surface area contributed by atoms with Gasteiger partial charge < -0.3 is 5.11 Å². The van der Waals surface area contributed by atoms with E-state index < -0.39 is 5.97 Å². The largest absolute Gasteiger partial charge is 0.481 e. The van der Waals surface area contributed by atoms with Crippen molar-refractivity contribution in [3.8, 4) is 0 Å². The lowest BCUT2D eigenvalue weighted by atomic mass is 9.46. The fourth-order valence-electron chi connectivity index (χ4n) is 8.66. The maximum Gasteiger partial charge on any atom is 0.307 e. The molecule has 1 aliphatic heterocycles. The summed E-state index contributed by atoms with van der Waals surface area (Å²) in [5.41, 5.74) is 1.59. The number of rotatable bonds is 2. The highest BCUT2D eigenvalue weighted by molar-refractivity contribution is 5.71. The van der Waals surface area contributed by atoms with Crippen LogP contribution in [0.3, 0.4) is 0 Å². The van der Waals surface area contributed by atoms with Crippen molar-refractivity contribution in [3.05, 3.63) is 30.1 Å². The fraction of sp³-hybridized carbons (Fsp3) is 0.760. The molecule has 158 valence electrons. The summed E-state index contributed by atoms with van der Waals surface area (Å²) in [6.45, 7) is 4.87. The van der Waals surface area contributed by atoms with Crippen LogP contribution in [0.25, 0.3) is 0 Å². The maximum atomic E-state index is 11.9. The minimum atomic E-state index is -0.552. The van der Waals surface area contributed by atoms with Crippen LogP contribution in [-0.4, -0.2) is 34.0 Å². The van der Waals surface area contributed by atoms with Gasteiger partial charge in [-0.25, -0.2) is 0 Å². The molecule has 5 rings (SSSR count). The monoisotopic (exact) mass is 396 g/mol. The quantitative estimate of drug-likeness (QED) is 0.750. The average molecular weight is 397 g/mol. The van der Waals surface area contributed by atoms with Crippen LogP contribution < -0.4 is 0 Å². The lowest BCUT2D eigenvalue weighted by Crippen LogP contribution is -2.60. The number of fused-ring (bicyclic) bond motifs is 5. The Hall–Kier alpha value is -1.42. The molecule has 29 heavy (non-hydrogen) atoms. The minimum Gasteiger partial charge on any atom is -0.481 e. The van der Waals surface area contributed by atoms with Crippen LogP contribution in [0.2, 0.25) is 0 Å². The molecule has 1 N–H and O–H groups in total. The van der Waals surface area contributed by atoms with Crippen molar-refractivity contribution in [2.75, 3.05) is 7.05 Å². The van der Waals surface area contributed by atoms with E-state index in [1.54, 1.807) is 0 Å². The molecule has 0 bridgehead atoms. The van der Waals surface area contributed by atoms with E-state index in [0.717, 1.165) is 31.1 Å². The van der Waals surface area contributed by atoms with Gasteiger partial charge in [-0.05, 0) is 99.1 Å². The SMILES string of the molecule is CN1[C@H](c2ccccn2)CC[C@]2(C)[C@H]3CC[C@]4(C)[C@@H](C(=O)O)CC[C@H]4[C@@H]3CC[C@@H]12. The van der Waals surface area contributed by atoms with Crippen molar-refractivity contribution in [1.82, 2.24) is 9.88 Å². The average Bonchev–Trinajstić information content (AvgIpc) is 3.06. The Morgan fingerprint density at radius 3 is 2.52 bits per heavy atom. The number of hydrogen-bond donors (Lipinski definition) is 1. The molecule has 4 aliphatic rings. The summed E-state index contributed by atoms with van der Waals surface area (Å²) >= 11 is 0. The van der Waals surface area contributed by atoms with Gasteiger partial charge in [-0.15, -0.1) is 0 Å². The first-order valence-corrected chi connectivity index (χ1v) is 11.7. The van der Waals surface area contributed by atoms with Crippen molar-refractivity contribution in [2.24, 2.45) is 34.5 Å². The zero-order chi connectivity index (χ0) is 20.4. The molecule has 0 unspecified atom stereocenters. The van der Waals surface area contributed by atoms with Gasteiger partial charge in [0.2, 0.25) is 0 Å². The van der Waals surface area contributed by atoms with Gasteiger partial charge in [-0.2, -0.15) is 0 Å². The molecule has 0 amide bonds. The number of piperidine rings is 1. The van der Waals surface area contributed by atoms with E-state index in [1.807, 2.05) is 12.3 Å². The number of aromatic nitrogens is 1. The topological polar surface area (TPSA) is 53.4 Å². The molecule has 1 aromatic heterocycles. The molecule has 8 atom stereocenters. The van der Waals surface area contributed by atoms with Crippen LogP contribution in [-0.2, 0) is 4.79 Å². The fourth-order valence-corrected chi connectivity index (χ4v) is 8.66. The Bertz CT molecular complexity index is 782. The summed E-state index contributed by atoms with van der Waals surface area (Å²) in [6.07, 6.45) is 11.2. The Morgan fingerprint density at radius 1 is 1.03 bits per heavy atom. The molecular weight excluding hydrogens is 360 g/mol. The van der Waals surface area contributed by atoms with Crippen LogP contribution >= 0.6 is 0 Å². The maximum absolute atomic E-state index is 11.9. The van der Waals surface area contributed by atoms with E-state index in [4.69, 9.17) is 0 Å². The molecule has 0 aromatic carbocycles. The molecule has 4 fully saturated rings. The second kappa shape index (κ2) is 6.80. The Labute approximate surface area is 175 Å². The summed E-state index contributed by atoms with van der Waals surface area (Å²) in [5, 5.41) is 9.81. The molecule has 3 aliphatic carbocycles. The summed E-state index contributed by atoms with van der Waals surface area (Å²) in [5.74, 6) is 1.41. The van der Waals surface area contributed by atoms with Crippen molar-refractivity contribution in [1.29, 1.82) is 0 Å². The van der Waals surface area contributed by atoms with Gasteiger partial charge in [-0.3, -0.25) is 14.7 Å². The Balaban J connectivity index is 1.41. The number of carboxylic acids is 1. The molecule has 1 aromatic rings. The molecule has 3 saturated carbocycles. The van der Waals surface area contributed by atoms with E-state index in [9.17, 15) is 9.90 Å². The van der Waals surface area contributed by atoms with E-state index in [0.29, 0.717) is 23.4 Å². The summed E-state index contributed by atoms with van der Waals surface area (Å²) in [6, 6.07) is 7.36. The lowest BCUT2D eigenvalue weighted by Gasteiger charge is -2.63. The van der Waals surface area contributed by atoms with E-state index in [2.05, 4.69) is 42.9 Å². The second-order valence-corrected chi connectivity index (χ2v) is 11.0. The van der Waals surface area contributed by atoms with Gasteiger partial charge in [0.1, 0.15) is 0 Å². The first kappa shape index (κ1) is 19.5. The van der Waals surface area contributed by atoms with E-state index in [1.165, 1.54) is 37.8 Å². The predicted octanol–water partition coefficient (Wildman–Crippen LogP) is 5.16. The molecular formula is C25H36N2O2. The Kier molecular flexibility index (Phi) is 4.58. The van der Waals surface area contributed by atoms with Crippen LogP contribution in [0, 0.1) is 34.5 Å². The van der Waals surface area contributed by atoms with Crippen LogP contribution in [0.15, 0.2) is 24.4 Å². The van der Waals surface area contributed by atoms with Crippen LogP contribution in [0.1, 0.15) is 76.9 Å². The Morgan fingerprint density at radius 2 is 1.79 bits per heavy atom. The van der Waals surface area contributed by atoms with Crippen molar-refractivity contribution in [3.63, 3.8) is 0 Å². The summed E-state index contributed by atoms with van der Waals surface area (Å²) in [7, 11) is 2.32. The minimum absolute atomic E-state index is 0.0211. The highest BCUT2D eigenvalue weighted by Crippen LogP contribution is 2.66. The second-order valence-electron chi connectivity index (χ2n) is 11.0. The number of aliphatic carboxylic acids is 1. The predicted molar refractivity (Wildman–Crippen MR) is 113 cm³/mol. The molecule has 1 saturated heterocycles. The highest BCUT2D eigenvalue weighted by atomic mass is 16.4. The number of carboxylic acid groups (broad SMARTS) is 1. The van der Waals surface area contributed by atoms with Crippen LogP contribution in [0.5, 0.6) is 0 Å². The normalized spacial score (nSPS) is 47.1. The number of nitrogens with zero attached hydrogens (tertiary/aromatic N) is 2. The van der Waals surface area contributed by atoms with E-state index in [-0.39, 0.29) is 11.3 Å². The highest BCUT2D eigenvalue weighted by Gasteiger charge is 2.62. The van der Waals surface area contributed by atoms with Gasteiger partial charge in [0, 0.05) is 12.2 Å². The molecule has 4 nitrogen and oxygen atoms in total. The first-order chi connectivity index (χ1) is 13.9. The van der Waals surface area contributed by atoms with Gasteiger partial charge in [0.05, 0.1) is 17.7 Å². The third kappa shape index (κ3) is 2.74. The van der Waals surface area contributed by atoms with Gasteiger partial charge >= 0.3 is 5.97 Å². The van der Waals surface area contributed by atoms with Crippen molar-refractivity contribution < 1.29 is 9.90 Å². The summed E-state index contributed by atoms with van der Waals surface area (Å²) in [4.78, 5) is 19.2. The number of likely N-dealkylation sites (tertiary alicyclic amines) is 1. The standard InChI is InChI=1S/C25H36N2O2/c1-24-13-11-18-16(17(24)8-9-19(24)23(28)29)7-10-22-25(18,2)14-12-21(27(22)3)20-6-4-5-15-26-20/h4-6,15-19,21-22H,7-14H2,1-3H3,(H,28,29)/t16-,17-,18-,19+,21-,22+,24-,25+/m0/s1. The van der Waals surface area contributed by atoms with E-state index >= 15 is 0 Å².